The monoisotopic (exact) mass is 706 g/mol. The summed E-state index contributed by atoms with van der Waals surface area (Å²) in [5.41, 5.74) is 5.35. The van der Waals surface area contributed by atoms with Crippen molar-refractivity contribution in [1.29, 1.82) is 5.26 Å². The van der Waals surface area contributed by atoms with Gasteiger partial charge in [0.1, 0.15) is 23.9 Å². The van der Waals surface area contributed by atoms with Gasteiger partial charge in [-0.2, -0.15) is 18.4 Å². The number of likely N-dealkylation sites (tertiary alicyclic amines) is 1. The topological polar surface area (TPSA) is 84.5 Å². The van der Waals surface area contributed by atoms with Gasteiger partial charge in [0.2, 0.25) is 0 Å². The Hall–Kier alpha value is -3.57. The third-order valence-corrected chi connectivity index (χ3v) is 12.3. The number of halogens is 3. The highest BCUT2D eigenvalue weighted by Crippen LogP contribution is 2.44. The third-order valence-electron chi connectivity index (χ3n) is 11.3. The van der Waals surface area contributed by atoms with Crippen LogP contribution in [-0.4, -0.2) is 104 Å². The van der Waals surface area contributed by atoms with E-state index in [9.17, 15) is 22.6 Å². The highest BCUT2D eigenvalue weighted by molar-refractivity contribution is 7.81. The number of hydrogen-bond acceptors (Lipinski definition) is 7. The van der Waals surface area contributed by atoms with Crippen molar-refractivity contribution in [1.82, 2.24) is 28.6 Å². The van der Waals surface area contributed by atoms with Crippen LogP contribution in [-0.2, 0) is 30.5 Å². The molecule has 2 aromatic carbocycles. The zero-order valence-corrected chi connectivity index (χ0v) is 29.9. The molecule has 0 saturated carbocycles. The predicted molar refractivity (Wildman–Crippen MR) is 191 cm³/mol. The summed E-state index contributed by atoms with van der Waals surface area (Å²) in [5, 5.41) is 11.9. The number of alkyl halides is 3. The van der Waals surface area contributed by atoms with E-state index < -0.39 is 23.6 Å². The molecule has 0 radical (unpaired) electrons. The Morgan fingerprint density at radius 3 is 2.50 bits per heavy atom. The first-order valence-electron chi connectivity index (χ1n) is 17.5. The first kappa shape index (κ1) is 34.9. The summed E-state index contributed by atoms with van der Waals surface area (Å²) in [6.45, 7) is 13.1. The number of aryl methyl sites for hydroxylation is 1. The molecule has 2 atom stereocenters. The lowest BCUT2D eigenvalue weighted by atomic mass is 9.72. The standard InChI is InChI=1S/C37H45F3N8OS/c1-26(45-11-4-12-47(16-15-45)50(3)49)21-48-30(20-41)18-31-27(2)29(6-8-34(31)48)22-44-13-9-36(10-14-44)23-46(24-36)35-32-17-28(19-37(38,39)40)5-7-33(32)42-25-43-35/h5-8,17-18,25-26H,4,9-16,19,21-24H2,1-3H3. The Balaban J connectivity index is 0.986. The molecule has 0 N–H and O–H groups in total. The summed E-state index contributed by atoms with van der Waals surface area (Å²) >= 11 is 0. The molecule has 3 aliphatic rings. The van der Waals surface area contributed by atoms with Crippen LogP contribution in [0.2, 0.25) is 0 Å². The van der Waals surface area contributed by atoms with E-state index in [0.717, 1.165) is 101 Å². The van der Waals surface area contributed by atoms with Gasteiger partial charge in [-0.05, 0) is 93.7 Å². The number of anilines is 1. The van der Waals surface area contributed by atoms with E-state index in [1.165, 1.54) is 23.5 Å². The molecular weight excluding hydrogens is 662 g/mol. The highest BCUT2D eigenvalue weighted by atomic mass is 32.2. The van der Waals surface area contributed by atoms with Crippen molar-refractivity contribution in [3.05, 3.63) is 65.1 Å². The molecule has 266 valence electrons. The molecule has 2 aromatic heterocycles. The van der Waals surface area contributed by atoms with Crippen molar-refractivity contribution in [2.45, 2.75) is 64.8 Å². The summed E-state index contributed by atoms with van der Waals surface area (Å²) in [5.74, 6) is 0.723. The molecular formula is C37H45F3N8OS. The average Bonchev–Trinajstić information content (AvgIpc) is 3.23. The smallest absolute Gasteiger partial charge is 0.355 e. The van der Waals surface area contributed by atoms with Crippen molar-refractivity contribution in [3.63, 3.8) is 0 Å². The zero-order chi connectivity index (χ0) is 35.2. The van der Waals surface area contributed by atoms with E-state index in [-0.39, 0.29) is 17.0 Å². The maximum atomic E-state index is 13.1. The molecule has 5 heterocycles. The second-order valence-electron chi connectivity index (χ2n) is 14.6. The molecule has 9 nitrogen and oxygen atoms in total. The second kappa shape index (κ2) is 13.9. The van der Waals surface area contributed by atoms with Gasteiger partial charge < -0.3 is 9.47 Å². The Bertz CT molecular complexity index is 1940. The number of benzene rings is 2. The molecule has 50 heavy (non-hydrogen) atoms. The molecule has 0 aliphatic carbocycles. The number of piperidine rings is 1. The van der Waals surface area contributed by atoms with Gasteiger partial charge in [0, 0.05) is 79.8 Å². The van der Waals surface area contributed by atoms with Crippen molar-refractivity contribution in [3.8, 4) is 6.07 Å². The van der Waals surface area contributed by atoms with Crippen LogP contribution in [0.1, 0.15) is 48.6 Å². The molecule has 0 bridgehead atoms. The summed E-state index contributed by atoms with van der Waals surface area (Å²) in [4.78, 5) is 16.0. The van der Waals surface area contributed by atoms with Crippen LogP contribution in [0.4, 0.5) is 19.0 Å². The molecule has 3 fully saturated rings. The number of nitriles is 1. The van der Waals surface area contributed by atoms with Gasteiger partial charge >= 0.3 is 6.18 Å². The maximum absolute atomic E-state index is 13.1. The van der Waals surface area contributed by atoms with Gasteiger partial charge in [-0.25, -0.2) is 18.5 Å². The minimum absolute atomic E-state index is 0.186. The molecule has 3 aliphatic heterocycles. The number of nitrogens with zero attached hydrogens (tertiary/aromatic N) is 8. The summed E-state index contributed by atoms with van der Waals surface area (Å²) in [6, 6.07) is 13.9. The summed E-state index contributed by atoms with van der Waals surface area (Å²) in [6.07, 6.45) is 1.12. The van der Waals surface area contributed by atoms with Crippen LogP contribution in [0.15, 0.2) is 42.7 Å². The normalized spacial score (nSPS) is 20.5. The van der Waals surface area contributed by atoms with Gasteiger partial charge in [0.15, 0.2) is 0 Å². The first-order valence-corrected chi connectivity index (χ1v) is 19.1. The first-order chi connectivity index (χ1) is 23.9. The summed E-state index contributed by atoms with van der Waals surface area (Å²) < 4.78 is 55.5. The van der Waals surface area contributed by atoms with E-state index in [2.05, 4.69) is 61.3 Å². The van der Waals surface area contributed by atoms with Crippen LogP contribution in [0.25, 0.3) is 21.8 Å². The molecule has 13 heteroatoms. The van der Waals surface area contributed by atoms with Crippen LogP contribution in [0.3, 0.4) is 0 Å². The van der Waals surface area contributed by atoms with Crippen molar-refractivity contribution in [2.75, 3.05) is 63.5 Å². The predicted octanol–water partition coefficient (Wildman–Crippen LogP) is 5.66. The van der Waals surface area contributed by atoms with Gasteiger partial charge in [-0.15, -0.1) is 0 Å². The van der Waals surface area contributed by atoms with Crippen molar-refractivity contribution in [2.24, 2.45) is 5.41 Å². The fourth-order valence-electron chi connectivity index (χ4n) is 8.31. The Labute approximate surface area is 294 Å². The zero-order valence-electron chi connectivity index (χ0n) is 29.0. The average molecular weight is 707 g/mol. The maximum Gasteiger partial charge on any atom is 0.393 e. The molecule has 2 unspecified atom stereocenters. The fraction of sp³-hybridized carbons (Fsp3) is 0.541. The van der Waals surface area contributed by atoms with E-state index in [1.807, 2.05) is 10.4 Å². The minimum atomic E-state index is -4.26. The quantitative estimate of drug-likeness (QED) is 0.234. The van der Waals surface area contributed by atoms with Gasteiger partial charge in [0.05, 0.1) is 22.9 Å². The van der Waals surface area contributed by atoms with Gasteiger partial charge in [0.25, 0.3) is 0 Å². The number of fused-ring (bicyclic) bond motifs is 2. The Morgan fingerprint density at radius 2 is 1.78 bits per heavy atom. The van der Waals surface area contributed by atoms with Crippen LogP contribution >= 0.6 is 0 Å². The lowest BCUT2D eigenvalue weighted by Crippen LogP contribution is -2.60. The second-order valence-corrected chi connectivity index (χ2v) is 16.0. The molecule has 4 aromatic rings. The number of rotatable bonds is 8. The lowest BCUT2D eigenvalue weighted by Gasteiger charge is -2.54. The van der Waals surface area contributed by atoms with Crippen LogP contribution in [0.5, 0.6) is 0 Å². The largest absolute Gasteiger partial charge is 0.393 e. The van der Waals surface area contributed by atoms with Crippen LogP contribution < -0.4 is 4.90 Å². The lowest BCUT2D eigenvalue weighted by molar-refractivity contribution is -0.127. The molecule has 3 saturated heterocycles. The van der Waals surface area contributed by atoms with E-state index in [4.69, 9.17) is 0 Å². The molecule has 7 rings (SSSR count). The van der Waals surface area contributed by atoms with E-state index >= 15 is 0 Å². The van der Waals surface area contributed by atoms with E-state index in [0.29, 0.717) is 16.6 Å². The molecule has 0 amide bonds. The van der Waals surface area contributed by atoms with Crippen molar-refractivity contribution >= 4 is 38.6 Å². The van der Waals surface area contributed by atoms with Gasteiger partial charge in [-0.3, -0.25) is 9.80 Å². The van der Waals surface area contributed by atoms with Crippen molar-refractivity contribution < 1.29 is 17.4 Å². The Kier molecular flexibility index (Phi) is 9.67. The highest BCUT2D eigenvalue weighted by Gasteiger charge is 2.45. The third kappa shape index (κ3) is 7.13. The Morgan fingerprint density at radius 1 is 1.00 bits per heavy atom. The fourth-order valence-corrected chi connectivity index (χ4v) is 9.04. The number of hydrogen-bond donors (Lipinski definition) is 0. The number of aromatic nitrogens is 3. The van der Waals surface area contributed by atoms with Crippen LogP contribution in [0, 0.1) is 23.7 Å². The minimum Gasteiger partial charge on any atom is -0.355 e. The molecule has 1 spiro atoms. The van der Waals surface area contributed by atoms with Gasteiger partial charge in [-0.1, -0.05) is 12.1 Å². The van der Waals surface area contributed by atoms with E-state index in [1.54, 1.807) is 18.4 Å². The SMILES string of the molecule is Cc1c(CN2CCC3(CC2)CN(c2ncnc4ccc(CC(F)(F)F)cc24)C3)ccc2c1cc(C#N)n2CC(C)N1CCCN(S(C)=O)CC1. The summed E-state index contributed by atoms with van der Waals surface area (Å²) in [7, 11) is -0.951.